The maximum Gasteiger partial charge on any atom is 0.249 e. The first kappa shape index (κ1) is 16.0. The molecule has 1 fully saturated rings. The number of sulfone groups is 1. The van der Waals surface area contributed by atoms with E-state index in [1.807, 2.05) is 6.92 Å². The highest BCUT2D eigenvalue weighted by atomic mass is 32.2. The molecule has 23 heavy (non-hydrogen) atoms. The van der Waals surface area contributed by atoms with Crippen LogP contribution in [0.4, 0.5) is 5.69 Å². The van der Waals surface area contributed by atoms with Crippen molar-refractivity contribution in [1.82, 2.24) is 4.90 Å². The Balaban J connectivity index is 1.93. The lowest BCUT2D eigenvalue weighted by molar-refractivity contribution is -0.133. The third-order valence-electron chi connectivity index (χ3n) is 4.60. The Morgan fingerprint density at radius 1 is 1.30 bits per heavy atom. The zero-order valence-electron chi connectivity index (χ0n) is 13.3. The lowest BCUT2D eigenvalue weighted by Crippen LogP contribution is -2.46. The van der Waals surface area contributed by atoms with Crippen molar-refractivity contribution in [1.29, 1.82) is 0 Å². The molecule has 2 aliphatic heterocycles. The lowest BCUT2D eigenvalue weighted by Gasteiger charge is -2.27. The van der Waals surface area contributed by atoms with E-state index in [1.165, 1.54) is 0 Å². The van der Waals surface area contributed by atoms with Gasteiger partial charge in [-0.15, -0.1) is 0 Å². The zero-order chi connectivity index (χ0) is 16.8. The van der Waals surface area contributed by atoms with E-state index >= 15 is 0 Å². The van der Waals surface area contributed by atoms with Gasteiger partial charge in [0.25, 0.3) is 0 Å². The summed E-state index contributed by atoms with van der Waals surface area (Å²) >= 11 is 0. The minimum absolute atomic E-state index is 0.00940. The monoisotopic (exact) mass is 336 g/mol. The molecule has 1 saturated heterocycles. The highest BCUT2D eigenvalue weighted by Crippen LogP contribution is 2.33. The second kappa shape index (κ2) is 5.63. The van der Waals surface area contributed by atoms with Crippen LogP contribution in [0.5, 0.6) is 0 Å². The number of fused-ring (bicyclic) bond motifs is 1. The second-order valence-corrected chi connectivity index (χ2v) is 8.05. The number of likely N-dealkylation sites (N-methyl/N-ethyl adjacent to an activating group) is 1. The molecule has 2 aliphatic rings. The first-order valence-corrected chi connectivity index (χ1v) is 9.66. The van der Waals surface area contributed by atoms with E-state index in [1.54, 1.807) is 28.0 Å². The topological polar surface area (TPSA) is 74.8 Å². The van der Waals surface area contributed by atoms with Gasteiger partial charge in [-0.05, 0) is 37.5 Å². The van der Waals surface area contributed by atoms with Crippen LogP contribution in [0.25, 0.3) is 0 Å². The van der Waals surface area contributed by atoms with E-state index in [0.717, 1.165) is 11.8 Å². The summed E-state index contributed by atoms with van der Waals surface area (Å²) in [7, 11) is -3.32. The van der Waals surface area contributed by atoms with Crippen LogP contribution in [0.15, 0.2) is 23.1 Å². The lowest BCUT2D eigenvalue weighted by atomic mass is 10.1. The molecule has 3 rings (SSSR count). The average molecular weight is 336 g/mol. The van der Waals surface area contributed by atoms with Crippen molar-refractivity contribution in [3.63, 3.8) is 0 Å². The number of hydrogen-bond acceptors (Lipinski definition) is 4. The number of carbonyl (C=O) groups is 2. The molecule has 0 aromatic heterocycles. The van der Waals surface area contributed by atoms with Crippen molar-refractivity contribution < 1.29 is 18.0 Å². The molecular weight excluding hydrogens is 316 g/mol. The van der Waals surface area contributed by atoms with Gasteiger partial charge in [-0.25, -0.2) is 8.42 Å². The Morgan fingerprint density at radius 2 is 2.04 bits per heavy atom. The Kier molecular flexibility index (Phi) is 3.91. The number of amides is 2. The third-order valence-corrected chi connectivity index (χ3v) is 5.71. The van der Waals surface area contributed by atoms with Crippen LogP contribution in [-0.2, 0) is 25.8 Å². The zero-order valence-corrected chi connectivity index (χ0v) is 14.1. The molecule has 6 nitrogen and oxygen atoms in total. The van der Waals surface area contributed by atoms with Crippen molar-refractivity contribution in [3.05, 3.63) is 23.8 Å². The van der Waals surface area contributed by atoms with Gasteiger partial charge < -0.3 is 9.80 Å². The number of benzene rings is 1. The predicted octanol–water partition coefficient (Wildman–Crippen LogP) is 0.990. The fourth-order valence-electron chi connectivity index (χ4n) is 3.39. The molecule has 0 saturated carbocycles. The number of nitrogens with zero attached hydrogens (tertiary/aromatic N) is 2. The maximum absolute atomic E-state index is 12.9. The summed E-state index contributed by atoms with van der Waals surface area (Å²) in [6.45, 7) is 2.91. The number of hydrogen-bond donors (Lipinski definition) is 0. The van der Waals surface area contributed by atoms with Crippen molar-refractivity contribution in [2.75, 3.05) is 24.2 Å². The molecule has 1 aromatic rings. The van der Waals surface area contributed by atoms with Crippen LogP contribution < -0.4 is 4.90 Å². The van der Waals surface area contributed by atoms with Gasteiger partial charge >= 0.3 is 0 Å². The van der Waals surface area contributed by atoms with Crippen molar-refractivity contribution in [2.45, 2.75) is 37.1 Å². The minimum atomic E-state index is -3.32. The van der Waals surface area contributed by atoms with Crippen LogP contribution in [0.1, 0.15) is 25.3 Å². The summed E-state index contributed by atoms with van der Waals surface area (Å²) in [5.41, 5.74) is 1.63. The molecule has 124 valence electrons. The third kappa shape index (κ3) is 2.73. The summed E-state index contributed by atoms with van der Waals surface area (Å²) in [5.74, 6) is -0.0998. The Morgan fingerprint density at radius 3 is 2.70 bits per heavy atom. The summed E-state index contributed by atoms with van der Waals surface area (Å²) in [6, 6.07) is 4.50. The highest BCUT2D eigenvalue weighted by molar-refractivity contribution is 7.90. The van der Waals surface area contributed by atoms with Gasteiger partial charge in [-0.1, -0.05) is 6.07 Å². The SMILES string of the molecule is CCN1C(=O)CCC1C(=O)N1CCc2ccc(S(C)(=O)=O)cc21. The van der Waals surface area contributed by atoms with Crippen molar-refractivity contribution in [3.8, 4) is 0 Å². The van der Waals surface area contributed by atoms with Crippen molar-refractivity contribution in [2.24, 2.45) is 0 Å². The predicted molar refractivity (Wildman–Crippen MR) is 86.0 cm³/mol. The number of anilines is 1. The Labute approximate surface area is 136 Å². The molecule has 0 radical (unpaired) electrons. The molecule has 2 heterocycles. The molecule has 1 unspecified atom stereocenters. The Bertz CT molecular complexity index is 772. The van der Waals surface area contributed by atoms with Gasteiger partial charge in [-0.3, -0.25) is 9.59 Å². The summed E-state index contributed by atoms with van der Waals surface area (Å²) in [6.07, 6.45) is 2.79. The van der Waals surface area contributed by atoms with Crippen LogP contribution in [0.2, 0.25) is 0 Å². The van der Waals surface area contributed by atoms with Crippen LogP contribution in [0.3, 0.4) is 0 Å². The highest BCUT2D eigenvalue weighted by Gasteiger charge is 2.39. The van der Waals surface area contributed by atoms with Gasteiger partial charge in [0.15, 0.2) is 9.84 Å². The maximum atomic E-state index is 12.9. The molecule has 0 N–H and O–H groups in total. The minimum Gasteiger partial charge on any atom is -0.331 e. The van der Waals surface area contributed by atoms with E-state index in [9.17, 15) is 18.0 Å². The van der Waals surface area contributed by atoms with Crippen LogP contribution in [0, 0.1) is 0 Å². The standard InChI is InChI=1S/C16H20N2O4S/c1-3-17-13(6-7-15(17)19)16(20)18-9-8-11-4-5-12(10-14(11)18)23(2,21)22/h4-5,10,13H,3,6-9H2,1-2H3. The van der Waals surface area contributed by atoms with Crippen molar-refractivity contribution >= 4 is 27.3 Å². The average Bonchev–Trinajstić information content (AvgIpc) is 3.08. The van der Waals surface area contributed by atoms with Crippen LogP contribution in [-0.4, -0.2) is 50.5 Å². The summed E-state index contributed by atoms with van der Waals surface area (Å²) in [4.78, 5) is 28.2. The summed E-state index contributed by atoms with van der Waals surface area (Å²) < 4.78 is 23.5. The van der Waals surface area contributed by atoms with Gasteiger partial charge in [0, 0.05) is 31.5 Å². The largest absolute Gasteiger partial charge is 0.331 e. The molecule has 0 aliphatic carbocycles. The quantitative estimate of drug-likeness (QED) is 0.825. The van der Waals surface area contributed by atoms with Gasteiger partial charge in [-0.2, -0.15) is 0 Å². The Hall–Kier alpha value is -1.89. The van der Waals surface area contributed by atoms with Crippen LogP contribution >= 0.6 is 0 Å². The first-order chi connectivity index (χ1) is 10.8. The van der Waals surface area contributed by atoms with Gasteiger partial charge in [0.05, 0.1) is 4.90 Å². The molecule has 0 spiro atoms. The summed E-state index contributed by atoms with van der Waals surface area (Å²) in [5, 5.41) is 0. The second-order valence-electron chi connectivity index (χ2n) is 6.04. The number of likely N-dealkylation sites (tertiary alicyclic amines) is 1. The van der Waals surface area contributed by atoms with Gasteiger partial charge in [0.2, 0.25) is 11.8 Å². The molecule has 0 bridgehead atoms. The van der Waals surface area contributed by atoms with Gasteiger partial charge in [0.1, 0.15) is 6.04 Å². The van der Waals surface area contributed by atoms with E-state index in [2.05, 4.69) is 0 Å². The number of carbonyl (C=O) groups excluding carboxylic acids is 2. The van der Waals surface area contributed by atoms with E-state index in [0.29, 0.717) is 38.0 Å². The fraction of sp³-hybridized carbons (Fsp3) is 0.500. The number of rotatable bonds is 3. The normalized spacial score (nSPS) is 21.0. The smallest absolute Gasteiger partial charge is 0.249 e. The molecule has 1 aromatic carbocycles. The molecule has 2 amide bonds. The molecule has 7 heteroatoms. The first-order valence-electron chi connectivity index (χ1n) is 7.76. The molecular formula is C16H20N2O4S. The van der Waals surface area contributed by atoms with E-state index in [4.69, 9.17) is 0 Å². The van der Waals surface area contributed by atoms with E-state index in [-0.39, 0.29) is 16.7 Å². The fourth-order valence-corrected chi connectivity index (χ4v) is 4.03. The molecule has 1 atom stereocenters. The van der Waals surface area contributed by atoms with E-state index < -0.39 is 15.9 Å².